The van der Waals surface area contributed by atoms with Gasteiger partial charge in [-0.25, -0.2) is 0 Å². The third kappa shape index (κ3) is 4.13. The quantitative estimate of drug-likeness (QED) is 0.878. The average molecular weight is 239 g/mol. The highest BCUT2D eigenvalue weighted by molar-refractivity contribution is 7.11. The number of aryl methyl sites for hydroxylation is 1. The molecule has 1 rings (SSSR count). The minimum absolute atomic E-state index is 0.113. The largest absolute Gasteiger partial charge is 0.389 e. The van der Waals surface area contributed by atoms with Crippen LogP contribution in [0.1, 0.15) is 35.8 Å². The Labute approximate surface area is 89.5 Å². The van der Waals surface area contributed by atoms with Crippen LogP contribution in [0, 0.1) is 0 Å². The van der Waals surface area contributed by atoms with E-state index in [9.17, 15) is 13.2 Å². The van der Waals surface area contributed by atoms with Crippen molar-refractivity contribution in [3.63, 3.8) is 0 Å². The lowest BCUT2D eigenvalue weighted by molar-refractivity contribution is -0.134. The molecular formula is C8H12F3N3S. The summed E-state index contributed by atoms with van der Waals surface area (Å²) >= 11 is 1.16. The Morgan fingerprint density at radius 1 is 1.40 bits per heavy atom. The van der Waals surface area contributed by atoms with Gasteiger partial charge in [-0.2, -0.15) is 13.2 Å². The molecule has 0 fully saturated rings. The van der Waals surface area contributed by atoms with Gasteiger partial charge in [0, 0.05) is 12.8 Å². The molecule has 0 radical (unpaired) electrons. The number of rotatable bonds is 4. The molecule has 15 heavy (non-hydrogen) atoms. The first kappa shape index (κ1) is 12.4. The van der Waals surface area contributed by atoms with Crippen molar-refractivity contribution >= 4 is 11.3 Å². The Balaban J connectivity index is 2.53. The molecule has 0 aromatic carbocycles. The van der Waals surface area contributed by atoms with Gasteiger partial charge in [-0.15, -0.1) is 10.2 Å². The topological polar surface area (TPSA) is 51.8 Å². The van der Waals surface area contributed by atoms with Crippen molar-refractivity contribution in [2.24, 2.45) is 5.73 Å². The predicted octanol–water partition coefficient (Wildman–Crippen LogP) is 2.44. The van der Waals surface area contributed by atoms with E-state index in [1.165, 1.54) is 0 Å². The van der Waals surface area contributed by atoms with Gasteiger partial charge in [0.05, 0.1) is 6.04 Å². The summed E-state index contributed by atoms with van der Waals surface area (Å²) in [6, 6.07) is -0.220. The zero-order valence-electron chi connectivity index (χ0n) is 8.21. The first-order valence-corrected chi connectivity index (χ1v) is 5.38. The first-order chi connectivity index (χ1) is 6.92. The number of halogens is 3. The fraction of sp³-hybridized carbons (Fsp3) is 0.750. The van der Waals surface area contributed by atoms with E-state index in [1.54, 1.807) is 0 Å². The third-order valence-corrected chi connectivity index (χ3v) is 2.98. The summed E-state index contributed by atoms with van der Waals surface area (Å²) in [5.41, 5.74) is 5.68. The van der Waals surface area contributed by atoms with E-state index in [2.05, 4.69) is 10.2 Å². The Hall–Kier alpha value is -0.690. The van der Waals surface area contributed by atoms with Crippen LogP contribution in [0.4, 0.5) is 13.2 Å². The second-order valence-electron chi connectivity index (χ2n) is 3.16. The minimum Gasteiger partial charge on any atom is -0.322 e. The minimum atomic E-state index is -4.14. The predicted molar refractivity (Wildman–Crippen MR) is 51.5 cm³/mol. The van der Waals surface area contributed by atoms with Crippen LogP contribution in [0.25, 0.3) is 0 Å². The lowest BCUT2D eigenvalue weighted by Crippen LogP contribution is -2.08. The summed E-state index contributed by atoms with van der Waals surface area (Å²) in [6.07, 6.45) is -4.41. The Kier molecular flexibility index (Phi) is 4.04. The number of hydrogen-bond donors (Lipinski definition) is 1. The fourth-order valence-corrected chi connectivity index (χ4v) is 1.87. The summed E-state index contributed by atoms with van der Waals surface area (Å²) in [5.74, 6) is 0. The summed E-state index contributed by atoms with van der Waals surface area (Å²) in [7, 11) is 0. The van der Waals surface area contributed by atoms with Crippen LogP contribution in [0.2, 0.25) is 0 Å². The molecule has 0 aliphatic rings. The summed E-state index contributed by atoms with van der Waals surface area (Å²) in [5, 5.41) is 8.44. The molecule has 0 bridgehead atoms. The fourth-order valence-electron chi connectivity index (χ4n) is 0.941. The van der Waals surface area contributed by atoms with Crippen LogP contribution in [0.3, 0.4) is 0 Å². The van der Waals surface area contributed by atoms with Crippen LogP contribution < -0.4 is 5.73 Å². The number of nitrogens with zero attached hydrogens (tertiary/aromatic N) is 2. The molecule has 3 nitrogen and oxygen atoms in total. The monoisotopic (exact) mass is 239 g/mol. The summed E-state index contributed by atoms with van der Waals surface area (Å²) in [6.45, 7) is 1.89. The average Bonchev–Trinajstić information content (AvgIpc) is 2.61. The van der Waals surface area contributed by atoms with Gasteiger partial charge in [-0.05, 0) is 6.42 Å². The zero-order valence-corrected chi connectivity index (χ0v) is 9.03. The van der Waals surface area contributed by atoms with Gasteiger partial charge in [0.2, 0.25) is 0 Å². The molecule has 2 N–H and O–H groups in total. The van der Waals surface area contributed by atoms with E-state index < -0.39 is 12.6 Å². The standard InChI is InChI=1S/C8H12F3N3S/c1-2-5(12)7-14-13-6(15-7)3-4-8(9,10)11/h5H,2-4,12H2,1H3. The van der Waals surface area contributed by atoms with E-state index in [0.29, 0.717) is 16.4 Å². The Morgan fingerprint density at radius 2 is 2.07 bits per heavy atom. The summed E-state index contributed by atoms with van der Waals surface area (Å²) < 4.78 is 35.7. The molecular weight excluding hydrogens is 227 g/mol. The highest BCUT2D eigenvalue weighted by Gasteiger charge is 2.27. The molecule has 1 atom stereocenters. The third-order valence-electron chi connectivity index (χ3n) is 1.86. The van der Waals surface area contributed by atoms with Gasteiger partial charge in [0.1, 0.15) is 10.0 Å². The van der Waals surface area contributed by atoms with Crippen LogP contribution >= 0.6 is 11.3 Å². The van der Waals surface area contributed by atoms with E-state index in [4.69, 9.17) is 5.73 Å². The molecule has 1 aromatic rings. The van der Waals surface area contributed by atoms with Crippen molar-refractivity contribution in [3.8, 4) is 0 Å². The van der Waals surface area contributed by atoms with E-state index >= 15 is 0 Å². The van der Waals surface area contributed by atoms with Gasteiger partial charge in [0.15, 0.2) is 0 Å². The molecule has 0 aliphatic heterocycles. The van der Waals surface area contributed by atoms with Gasteiger partial charge in [0.25, 0.3) is 0 Å². The molecule has 0 aliphatic carbocycles. The lowest BCUT2D eigenvalue weighted by Gasteiger charge is -2.03. The SMILES string of the molecule is CCC(N)c1nnc(CCC(F)(F)F)s1. The second-order valence-corrected chi connectivity index (χ2v) is 4.26. The Morgan fingerprint density at radius 3 is 2.60 bits per heavy atom. The molecule has 0 saturated heterocycles. The van der Waals surface area contributed by atoms with E-state index in [-0.39, 0.29) is 12.5 Å². The molecule has 1 unspecified atom stereocenters. The maximum absolute atomic E-state index is 11.9. The molecule has 86 valence electrons. The molecule has 0 amide bonds. The molecule has 0 spiro atoms. The normalized spacial score (nSPS) is 14.2. The second kappa shape index (κ2) is 4.89. The molecule has 1 heterocycles. The van der Waals surface area contributed by atoms with Crippen molar-refractivity contribution < 1.29 is 13.2 Å². The number of alkyl halides is 3. The molecule has 1 aromatic heterocycles. The Bertz CT molecular complexity index is 310. The maximum Gasteiger partial charge on any atom is 0.389 e. The van der Waals surface area contributed by atoms with Gasteiger partial charge in [-0.1, -0.05) is 18.3 Å². The highest BCUT2D eigenvalue weighted by Crippen LogP contribution is 2.24. The zero-order chi connectivity index (χ0) is 11.5. The van der Waals surface area contributed by atoms with E-state index in [1.807, 2.05) is 6.92 Å². The number of hydrogen-bond acceptors (Lipinski definition) is 4. The smallest absolute Gasteiger partial charge is 0.322 e. The lowest BCUT2D eigenvalue weighted by atomic mass is 10.3. The highest BCUT2D eigenvalue weighted by atomic mass is 32.1. The van der Waals surface area contributed by atoms with Crippen LogP contribution in [-0.2, 0) is 6.42 Å². The van der Waals surface area contributed by atoms with Crippen molar-refractivity contribution in [2.45, 2.75) is 38.4 Å². The van der Waals surface area contributed by atoms with Crippen molar-refractivity contribution in [1.29, 1.82) is 0 Å². The van der Waals surface area contributed by atoms with Crippen molar-refractivity contribution in [2.75, 3.05) is 0 Å². The van der Waals surface area contributed by atoms with Gasteiger partial charge >= 0.3 is 6.18 Å². The van der Waals surface area contributed by atoms with Crippen LogP contribution in [0.5, 0.6) is 0 Å². The van der Waals surface area contributed by atoms with Gasteiger partial charge < -0.3 is 5.73 Å². The van der Waals surface area contributed by atoms with Crippen molar-refractivity contribution in [3.05, 3.63) is 10.0 Å². The van der Waals surface area contributed by atoms with E-state index in [0.717, 1.165) is 11.3 Å². The van der Waals surface area contributed by atoms with Crippen LogP contribution in [-0.4, -0.2) is 16.4 Å². The first-order valence-electron chi connectivity index (χ1n) is 4.57. The molecule has 0 saturated carbocycles. The number of nitrogens with two attached hydrogens (primary N) is 1. The van der Waals surface area contributed by atoms with Gasteiger partial charge in [-0.3, -0.25) is 0 Å². The number of aromatic nitrogens is 2. The molecule has 7 heteroatoms. The maximum atomic E-state index is 11.9. The van der Waals surface area contributed by atoms with Crippen LogP contribution in [0.15, 0.2) is 0 Å². The van der Waals surface area contributed by atoms with Crippen molar-refractivity contribution in [1.82, 2.24) is 10.2 Å². The summed E-state index contributed by atoms with van der Waals surface area (Å²) in [4.78, 5) is 0.